The average molecular weight is 271 g/mol. The standard InChI is InChI=1S/C17H21NO2/c1-13(11-14-5-3-2-4-6-14)12-17(18,20)15-7-9-16(19)10-8-15/h2-10,13,19-20H,11-12,18H2,1H3/t13?,17-/m1/s1. The number of phenolic OH excluding ortho intramolecular Hbond substituents is 1. The van der Waals surface area contributed by atoms with Crippen LogP contribution in [0.25, 0.3) is 0 Å². The Bertz CT molecular complexity index is 535. The van der Waals surface area contributed by atoms with Crippen molar-refractivity contribution in [3.05, 3.63) is 65.7 Å². The summed E-state index contributed by atoms with van der Waals surface area (Å²) in [4.78, 5) is 0. The lowest BCUT2D eigenvalue weighted by Crippen LogP contribution is -2.38. The van der Waals surface area contributed by atoms with Gasteiger partial charge in [-0.1, -0.05) is 49.4 Å². The molecular weight excluding hydrogens is 250 g/mol. The number of benzene rings is 2. The van der Waals surface area contributed by atoms with Crippen LogP contribution in [-0.4, -0.2) is 10.2 Å². The summed E-state index contributed by atoms with van der Waals surface area (Å²) in [6.07, 6.45) is 1.34. The molecule has 2 aromatic rings. The smallest absolute Gasteiger partial charge is 0.139 e. The van der Waals surface area contributed by atoms with Crippen molar-refractivity contribution in [1.29, 1.82) is 0 Å². The molecule has 106 valence electrons. The van der Waals surface area contributed by atoms with Crippen molar-refractivity contribution in [2.45, 2.75) is 25.5 Å². The molecule has 0 aromatic heterocycles. The van der Waals surface area contributed by atoms with E-state index >= 15 is 0 Å². The van der Waals surface area contributed by atoms with Gasteiger partial charge in [0.2, 0.25) is 0 Å². The molecule has 0 amide bonds. The Kier molecular flexibility index (Phi) is 4.42. The van der Waals surface area contributed by atoms with E-state index in [1.807, 2.05) is 18.2 Å². The molecule has 0 saturated carbocycles. The van der Waals surface area contributed by atoms with Crippen LogP contribution in [0.15, 0.2) is 54.6 Å². The van der Waals surface area contributed by atoms with Crippen LogP contribution in [0.5, 0.6) is 5.75 Å². The number of nitrogens with two attached hydrogens (primary N) is 1. The molecule has 0 heterocycles. The van der Waals surface area contributed by atoms with Crippen molar-refractivity contribution in [3.63, 3.8) is 0 Å². The first-order chi connectivity index (χ1) is 9.47. The number of aliphatic hydroxyl groups is 1. The van der Waals surface area contributed by atoms with Crippen molar-refractivity contribution >= 4 is 0 Å². The third-order valence-electron chi connectivity index (χ3n) is 3.45. The van der Waals surface area contributed by atoms with Gasteiger partial charge in [0.05, 0.1) is 0 Å². The normalized spacial score (nSPS) is 15.6. The van der Waals surface area contributed by atoms with Crippen LogP contribution in [0.3, 0.4) is 0 Å². The molecule has 2 rings (SSSR count). The Hall–Kier alpha value is -1.84. The second-order valence-corrected chi connectivity index (χ2v) is 5.47. The predicted molar refractivity (Wildman–Crippen MR) is 80.1 cm³/mol. The molecule has 0 aliphatic carbocycles. The monoisotopic (exact) mass is 271 g/mol. The number of aromatic hydroxyl groups is 1. The van der Waals surface area contributed by atoms with Crippen LogP contribution in [-0.2, 0) is 12.1 Å². The molecule has 0 spiro atoms. The molecule has 0 aliphatic rings. The summed E-state index contributed by atoms with van der Waals surface area (Å²) < 4.78 is 0. The highest BCUT2D eigenvalue weighted by Crippen LogP contribution is 2.26. The Morgan fingerprint density at radius 2 is 1.65 bits per heavy atom. The molecular formula is C17H21NO2. The Morgan fingerprint density at radius 3 is 2.25 bits per heavy atom. The maximum Gasteiger partial charge on any atom is 0.139 e. The maximum absolute atomic E-state index is 10.4. The second-order valence-electron chi connectivity index (χ2n) is 5.47. The number of rotatable bonds is 5. The minimum Gasteiger partial charge on any atom is -0.508 e. The topological polar surface area (TPSA) is 66.5 Å². The van der Waals surface area contributed by atoms with Gasteiger partial charge in [0.1, 0.15) is 11.5 Å². The van der Waals surface area contributed by atoms with E-state index in [0.717, 1.165) is 6.42 Å². The summed E-state index contributed by atoms with van der Waals surface area (Å²) in [5.74, 6) is 0.420. The fourth-order valence-corrected chi connectivity index (χ4v) is 2.49. The first kappa shape index (κ1) is 14.6. The summed E-state index contributed by atoms with van der Waals surface area (Å²) in [7, 11) is 0. The van der Waals surface area contributed by atoms with Crippen molar-refractivity contribution in [2.75, 3.05) is 0 Å². The van der Waals surface area contributed by atoms with E-state index in [0.29, 0.717) is 12.0 Å². The molecule has 3 heteroatoms. The van der Waals surface area contributed by atoms with Gasteiger partial charge in [-0.15, -0.1) is 0 Å². The lowest BCUT2D eigenvalue weighted by Gasteiger charge is -2.27. The van der Waals surface area contributed by atoms with Crippen molar-refractivity contribution in [3.8, 4) is 5.75 Å². The van der Waals surface area contributed by atoms with Crippen LogP contribution in [0.1, 0.15) is 24.5 Å². The SMILES string of the molecule is CC(Cc1ccccc1)C[C@@](N)(O)c1ccc(O)cc1. The average Bonchev–Trinajstić information content (AvgIpc) is 2.39. The zero-order valence-corrected chi connectivity index (χ0v) is 11.7. The molecule has 0 fully saturated rings. The third-order valence-corrected chi connectivity index (χ3v) is 3.45. The largest absolute Gasteiger partial charge is 0.508 e. The molecule has 2 aromatic carbocycles. The van der Waals surface area contributed by atoms with E-state index in [4.69, 9.17) is 5.73 Å². The molecule has 20 heavy (non-hydrogen) atoms. The van der Waals surface area contributed by atoms with Gasteiger partial charge in [0.15, 0.2) is 0 Å². The number of hydrogen-bond acceptors (Lipinski definition) is 3. The molecule has 0 radical (unpaired) electrons. The van der Waals surface area contributed by atoms with Gasteiger partial charge in [-0.3, -0.25) is 5.73 Å². The highest BCUT2D eigenvalue weighted by Gasteiger charge is 2.26. The highest BCUT2D eigenvalue weighted by molar-refractivity contribution is 5.29. The van der Waals surface area contributed by atoms with E-state index < -0.39 is 5.72 Å². The fraction of sp³-hybridized carbons (Fsp3) is 0.294. The molecule has 0 bridgehead atoms. The first-order valence-corrected chi connectivity index (χ1v) is 6.82. The van der Waals surface area contributed by atoms with Crippen LogP contribution in [0.4, 0.5) is 0 Å². The molecule has 4 N–H and O–H groups in total. The second kappa shape index (κ2) is 6.07. The van der Waals surface area contributed by atoms with E-state index in [-0.39, 0.29) is 11.7 Å². The quantitative estimate of drug-likeness (QED) is 0.733. The van der Waals surface area contributed by atoms with Gasteiger partial charge in [-0.25, -0.2) is 0 Å². The van der Waals surface area contributed by atoms with E-state index in [1.165, 1.54) is 17.7 Å². The highest BCUT2D eigenvalue weighted by atomic mass is 16.3. The molecule has 0 saturated heterocycles. The lowest BCUT2D eigenvalue weighted by atomic mass is 9.89. The number of hydrogen-bond donors (Lipinski definition) is 3. The lowest BCUT2D eigenvalue weighted by molar-refractivity contribution is 0.0195. The predicted octanol–water partition coefficient (Wildman–Crippen LogP) is 2.76. The summed E-state index contributed by atoms with van der Waals surface area (Å²) in [5.41, 5.74) is 6.50. The molecule has 0 aliphatic heterocycles. The van der Waals surface area contributed by atoms with Crippen LogP contribution in [0.2, 0.25) is 0 Å². The summed E-state index contributed by atoms with van der Waals surface area (Å²) in [6, 6.07) is 16.6. The van der Waals surface area contributed by atoms with Gasteiger partial charge in [-0.2, -0.15) is 0 Å². The Morgan fingerprint density at radius 1 is 1.05 bits per heavy atom. The van der Waals surface area contributed by atoms with Crippen molar-refractivity contribution in [2.24, 2.45) is 11.7 Å². The summed E-state index contributed by atoms with van der Waals surface area (Å²) in [6.45, 7) is 2.07. The number of phenols is 1. The maximum atomic E-state index is 10.4. The first-order valence-electron chi connectivity index (χ1n) is 6.82. The van der Waals surface area contributed by atoms with E-state index in [9.17, 15) is 10.2 Å². The van der Waals surface area contributed by atoms with Gasteiger partial charge >= 0.3 is 0 Å². The zero-order chi connectivity index (χ0) is 14.6. The van der Waals surface area contributed by atoms with Crippen molar-refractivity contribution in [1.82, 2.24) is 0 Å². The minimum absolute atomic E-state index is 0.168. The minimum atomic E-state index is -1.37. The van der Waals surface area contributed by atoms with Gasteiger partial charge in [0, 0.05) is 0 Å². The zero-order valence-electron chi connectivity index (χ0n) is 11.7. The van der Waals surface area contributed by atoms with E-state index in [2.05, 4.69) is 19.1 Å². The molecule has 2 atom stereocenters. The van der Waals surface area contributed by atoms with E-state index in [1.54, 1.807) is 12.1 Å². The van der Waals surface area contributed by atoms with Gasteiger partial charge in [0.25, 0.3) is 0 Å². The Labute approximate surface area is 119 Å². The van der Waals surface area contributed by atoms with Crippen molar-refractivity contribution < 1.29 is 10.2 Å². The fourth-order valence-electron chi connectivity index (χ4n) is 2.49. The van der Waals surface area contributed by atoms with Crippen LogP contribution < -0.4 is 5.73 Å². The summed E-state index contributed by atoms with van der Waals surface area (Å²) in [5, 5.41) is 19.7. The molecule has 1 unspecified atom stereocenters. The van der Waals surface area contributed by atoms with Gasteiger partial charge < -0.3 is 10.2 Å². The van der Waals surface area contributed by atoms with Crippen LogP contribution >= 0.6 is 0 Å². The summed E-state index contributed by atoms with van der Waals surface area (Å²) >= 11 is 0. The Balaban J connectivity index is 2.02. The van der Waals surface area contributed by atoms with Crippen LogP contribution in [0, 0.1) is 5.92 Å². The molecule has 3 nitrogen and oxygen atoms in total. The van der Waals surface area contributed by atoms with Gasteiger partial charge in [-0.05, 0) is 42.0 Å². The third kappa shape index (κ3) is 3.83.